The molecule has 0 bridgehead atoms. The highest BCUT2D eigenvalue weighted by Gasteiger charge is 2.33. The summed E-state index contributed by atoms with van der Waals surface area (Å²) in [6.45, 7) is 3.01. The zero-order valence-electron chi connectivity index (χ0n) is 19.0. The number of nitrogens with one attached hydrogen (secondary N) is 2. The molecular weight excluding hydrogens is 497 g/mol. The Bertz CT molecular complexity index is 1140. The maximum atomic E-state index is 13.0. The summed E-state index contributed by atoms with van der Waals surface area (Å²) in [5, 5.41) is 6.40. The molecule has 0 unspecified atom stereocenters. The average molecular weight is 526 g/mol. The van der Waals surface area contributed by atoms with Gasteiger partial charge in [0.2, 0.25) is 15.9 Å². The molecule has 0 saturated carbocycles. The fraction of sp³-hybridized carbons (Fsp3) is 0.417. The molecule has 3 rings (SSSR count). The van der Waals surface area contributed by atoms with Gasteiger partial charge in [-0.3, -0.25) is 9.59 Å². The van der Waals surface area contributed by atoms with E-state index >= 15 is 0 Å². The standard InChI is InChI=1S/C24H29Cl2N3O4S/c1-2-3-12-27-24(31)20-8-4-5-9-22(20)28-23(30)17-7-6-13-29(15-17)34(32,33)16-18-10-11-19(25)14-21(18)26/h4-5,8-11,14,17H,2-3,6-7,12-13,15-16H2,1H3,(H,27,31)(H,28,30)/t17-/m0/s1. The Morgan fingerprint density at radius 3 is 2.65 bits per heavy atom. The molecule has 2 amide bonds. The number of hydrogen-bond acceptors (Lipinski definition) is 4. The van der Waals surface area contributed by atoms with Crippen molar-refractivity contribution in [2.24, 2.45) is 5.92 Å². The van der Waals surface area contributed by atoms with Crippen LogP contribution in [-0.4, -0.2) is 44.2 Å². The molecule has 1 aliphatic heterocycles. The molecule has 0 radical (unpaired) electrons. The normalized spacial score (nSPS) is 16.7. The Balaban J connectivity index is 1.67. The Labute approximate surface area is 210 Å². The van der Waals surface area contributed by atoms with Crippen LogP contribution >= 0.6 is 23.2 Å². The summed E-state index contributed by atoms with van der Waals surface area (Å²) in [6.07, 6.45) is 2.95. The summed E-state index contributed by atoms with van der Waals surface area (Å²) in [6, 6.07) is 11.5. The van der Waals surface area contributed by atoms with E-state index < -0.39 is 15.9 Å². The molecular formula is C24H29Cl2N3O4S. The smallest absolute Gasteiger partial charge is 0.253 e. The SMILES string of the molecule is CCCCNC(=O)c1ccccc1NC(=O)[C@H]1CCCN(S(=O)(=O)Cc2ccc(Cl)cc2Cl)C1. The van der Waals surface area contributed by atoms with Gasteiger partial charge in [0.25, 0.3) is 5.91 Å². The number of sulfonamides is 1. The number of nitrogens with zero attached hydrogens (tertiary/aromatic N) is 1. The maximum absolute atomic E-state index is 13.0. The van der Waals surface area contributed by atoms with Gasteiger partial charge in [0.1, 0.15) is 0 Å². The first-order valence-corrected chi connectivity index (χ1v) is 13.7. The molecule has 2 aromatic carbocycles. The van der Waals surface area contributed by atoms with Crippen LogP contribution < -0.4 is 10.6 Å². The van der Waals surface area contributed by atoms with Crippen LogP contribution in [0.15, 0.2) is 42.5 Å². The van der Waals surface area contributed by atoms with Crippen molar-refractivity contribution in [3.63, 3.8) is 0 Å². The lowest BCUT2D eigenvalue weighted by atomic mass is 9.98. The van der Waals surface area contributed by atoms with E-state index in [0.29, 0.717) is 47.8 Å². The number of rotatable bonds is 9. The molecule has 7 nitrogen and oxygen atoms in total. The predicted molar refractivity (Wildman–Crippen MR) is 136 cm³/mol. The molecule has 2 aromatic rings. The number of amides is 2. The van der Waals surface area contributed by atoms with E-state index in [0.717, 1.165) is 12.8 Å². The molecule has 1 saturated heterocycles. The topological polar surface area (TPSA) is 95.6 Å². The van der Waals surface area contributed by atoms with E-state index in [1.807, 2.05) is 6.92 Å². The van der Waals surface area contributed by atoms with E-state index in [1.54, 1.807) is 36.4 Å². The molecule has 1 heterocycles. The quantitative estimate of drug-likeness (QED) is 0.463. The highest BCUT2D eigenvalue weighted by Crippen LogP contribution is 2.27. The summed E-state index contributed by atoms with van der Waals surface area (Å²) in [4.78, 5) is 25.6. The summed E-state index contributed by atoms with van der Waals surface area (Å²) in [5.74, 6) is -1.35. The fourth-order valence-corrected chi connectivity index (χ4v) is 6.03. The summed E-state index contributed by atoms with van der Waals surface area (Å²) in [5.41, 5.74) is 1.25. The Kier molecular flexibility index (Phi) is 9.36. The molecule has 34 heavy (non-hydrogen) atoms. The average Bonchev–Trinajstić information content (AvgIpc) is 2.81. The van der Waals surface area contributed by atoms with E-state index in [1.165, 1.54) is 10.4 Å². The first-order chi connectivity index (χ1) is 16.2. The van der Waals surface area contributed by atoms with Gasteiger partial charge in [0, 0.05) is 29.7 Å². The van der Waals surface area contributed by atoms with Crippen LogP contribution in [0.25, 0.3) is 0 Å². The number of unbranched alkanes of at least 4 members (excludes halogenated alkanes) is 1. The van der Waals surface area contributed by atoms with Crippen molar-refractivity contribution >= 4 is 50.7 Å². The fourth-order valence-electron chi connectivity index (χ4n) is 3.83. The van der Waals surface area contributed by atoms with E-state index in [4.69, 9.17) is 23.2 Å². The van der Waals surface area contributed by atoms with Gasteiger partial charge in [-0.2, -0.15) is 0 Å². The molecule has 1 aliphatic rings. The van der Waals surface area contributed by atoms with Crippen molar-refractivity contribution in [1.29, 1.82) is 0 Å². The molecule has 10 heteroatoms. The van der Waals surface area contributed by atoms with Gasteiger partial charge in [0.15, 0.2) is 0 Å². The molecule has 0 spiro atoms. The summed E-state index contributed by atoms with van der Waals surface area (Å²) in [7, 11) is -3.68. The third-order valence-electron chi connectivity index (χ3n) is 5.75. The minimum Gasteiger partial charge on any atom is -0.352 e. The van der Waals surface area contributed by atoms with E-state index in [9.17, 15) is 18.0 Å². The maximum Gasteiger partial charge on any atom is 0.253 e. The minimum atomic E-state index is -3.68. The van der Waals surface area contributed by atoms with Crippen LogP contribution in [0.2, 0.25) is 10.0 Å². The van der Waals surface area contributed by atoms with E-state index in [2.05, 4.69) is 10.6 Å². The molecule has 1 atom stereocenters. The van der Waals surface area contributed by atoms with Crippen molar-refractivity contribution in [3.05, 3.63) is 63.6 Å². The van der Waals surface area contributed by atoms with Crippen LogP contribution in [0.4, 0.5) is 5.69 Å². The lowest BCUT2D eigenvalue weighted by Crippen LogP contribution is -2.44. The number of halogens is 2. The zero-order valence-corrected chi connectivity index (χ0v) is 21.3. The van der Waals surface area contributed by atoms with Crippen molar-refractivity contribution in [2.75, 3.05) is 25.0 Å². The van der Waals surface area contributed by atoms with Crippen molar-refractivity contribution < 1.29 is 18.0 Å². The number of carbonyl (C=O) groups excluding carboxylic acids is 2. The highest BCUT2D eigenvalue weighted by atomic mass is 35.5. The number of anilines is 1. The van der Waals surface area contributed by atoms with Gasteiger partial charge in [-0.25, -0.2) is 12.7 Å². The Morgan fingerprint density at radius 2 is 1.91 bits per heavy atom. The van der Waals surface area contributed by atoms with Crippen LogP contribution in [0.5, 0.6) is 0 Å². The Hall–Kier alpha value is -2.13. The van der Waals surface area contributed by atoms with Crippen LogP contribution in [0.3, 0.4) is 0 Å². The second-order valence-corrected chi connectivity index (χ2v) is 11.1. The zero-order chi connectivity index (χ0) is 24.7. The first kappa shape index (κ1) is 26.5. The number of para-hydroxylation sites is 1. The second kappa shape index (κ2) is 12.0. The first-order valence-electron chi connectivity index (χ1n) is 11.3. The van der Waals surface area contributed by atoms with Crippen molar-refractivity contribution in [1.82, 2.24) is 9.62 Å². The molecule has 1 fully saturated rings. The lowest BCUT2D eigenvalue weighted by molar-refractivity contribution is -0.120. The number of carbonyl (C=O) groups is 2. The highest BCUT2D eigenvalue weighted by molar-refractivity contribution is 7.88. The monoisotopic (exact) mass is 525 g/mol. The minimum absolute atomic E-state index is 0.0736. The summed E-state index contributed by atoms with van der Waals surface area (Å²) < 4.78 is 27.4. The third-order valence-corrected chi connectivity index (χ3v) is 8.13. The number of hydrogen-bond donors (Lipinski definition) is 2. The second-order valence-electron chi connectivity index (χ2n) is 8.33. The van der Waals surface area contributed by atoms with Gasteiger partial charge in [-0.1, -0.05) is 54.7 Å². The van der Waals surface area contributed by atoms with Gasteiger partial charge < -0.3 is 10.6 Å². The van der Waals surface area contributed by atoms with Gasteiger partial charge in [-0.15, -0.1) is 0 Å². The van der Waals surface area contributed by atoms with Crippen LogP contribution in [-0.2, 0) is 20.6 Å². The number of piperidine rings is 1. The van der Waals surface area contributed by atoms with Gasteiger partial charge in [0.05, 0.1) is 22.9 Å². The van der Waals surface area contributed by atoms with Gasteiger partial charge >= 0.3 is 0 Å². The predicted octanol–water partition coefficient (Wildman–Crippen LogP) is 4.70. The Morgan fingerprint density at radius 1 is 1.15 bits per heavy atom. The molecule has 2 N–H and O–H groups in total. The third kappa shape index (κ3) is 6.95. The molecule has 0 aliphatic carbocycles. The number of benzene rings is 2. The van der Waals surface area contributed by atoms with Gasteiger partial charge in [-0.05, 0) is 49.1 Å². The summed E-state index contributed by atoms with van der Waals surface area (Å²) >= 11 is 12.1. The lowest BCUT2D eigenvalue weighted by Gasteiger charge is -2.31. The molecule has 184 valence electrons. The van der Waals surface area contributed by atoms with Crippen LogP contribution in [0, 0.1) is 5.92 Å². The van der Waals surface area contributed by atoms with Crippen molar-refractivity contribution in [2.45, 2.75) is 38.4 Å². The largest absolute Gasteiger partial charge is 0.352 e. The van der Waals surface area contributed by atoms with E-state index in [-0.39, 0.29) is 29.1 Å². The molecule has 0 aromatic heterocycles. The van der Waals surface area contributed by atoms with Crippen LogP contribution in [0.1, 0.15) is 48.5 Å². The van der Waals surface area contributed by atoms with Crippen molar-refractivity contribution in [3.8, 4) is 0 Å².